The third-order valence-electron chi connectivity index (χ3n) is 4.91. The molecule has 0 atom stereocenters. The van der Waals surface area contributed by atoms with Crippen molar-refractivity contribution in [1.29, 1.82) is 0 Å². The third-order valence-corrected chi connectivity index (χ3v) is 5.11. The molecular formula is C19H25N3O3S. The summed E-state index contributed by atoms with van der Waals surface area (Å²) in [5, 5.41) is 5.98. The Kier molecular flexibility index (Phi) is 6.57. The van der Waals surface area contributed by atoms with Crippen LogP contribution in [0.2, 0.25) is 0 Å². The van der Waals surface area contributed by atoms with Crippen molar-refractivity contribution < 1.29 is 14.3 Å². The quantitative estimate of drug-likeness (QED) is 0.792. The van der Waals surface area contributed by atoms with Crippen LogP contribution < -0.4 is 10.6 Å². The van der Waals surface area contributed by atoms with Crippen molar-refractivity contribution in [2.45, 2.75) is 32.1 Å². The first-order valence-electron chi connectivity index (χ1n) is 9.20. The molecule has 0 unspecified atom stereocenters. The first kappa shape index (κ1) is 18.8. The van der Waals surface area contributed by atoms with Crippen LogP contribution in [0.25, 0.3) is 0 Å². The van der Waals surface area contributed by atoms with Crippen molar-refractivity contribution in [3.8, 4) is 0 Å². The molecule has 1 saturated carbocycles. The number of carbonyl (C=O) groups excluding carboxylic acids is 2. The molecular weight excluding hydrogens is 350 g/mol. The molecule has 1 aromatic rings. The maximum absolute atomic E-state index is 12.8. The molecule has 0 spiro atoms. The van der Waals surface area contributed by atoms with Crippen molar-refractivity contribution in [3.05, 3.63) is 29.8 Å². The van der Waals surface area contributed by atoms with E-state index in [9.17, 15) is 9.59 Å². The van der Waals surface area contributed by atoms with Crippen LogP contribution in [0.3, 0.4) is 0 Å². The van der Waals surface area contributed by atoms with Crippen LogP contribution in [-0.2, 0) is 9.53 Å². The second-order valence-corrected chi connectivity index (χ2v) is 7.22. The summed E-state index contributed by atoms with van der Waals surface area (Å²) in [5.41, 5.74) is 1.15. The molecule has 1 aliphatic heterocycles. The lowest BCUT2D eigenvalue weighted by atomic mass is 10.0. The van der Waals surface area contributed by atoms with Gasteiger partial charge in [0.1, 0.15) is 0 Å². The SMILES string of the molecule is O=C(CC1CCCC1)NC(=S)Nc1ccccc1C(=O)N1CCOCC1. The Morgan fingerprint density at radius 3 is 2.58 bits per heavy atom. The fraction of sp³-hybridized carbons (Fsp3) is 0.526. The molecule has 2 aliphatic rings. The molecule has 3 rings (SSSR count). The largest absolute Gasteiger partial charge is 0.378 e. The van der Waals surface area contributed by atoms with Crippen molar-refractivity contribution in [1.82, 2.24) is 10.2 Å². The summed E-state index contributed by atoms with van der Waals surface area (Å²) in [6.45, 7) is 2.26. The summed E-state index contributed by atoms with van der Waals surface area (Å²) in [4.78, 5) is 26.7. The number of nitrogens with zero attached hydrogens (tertiary/aromatic N) is 1. The fourth-order valence-electron chi connectivity index (χ4n) is 3.52. The summed E-state index contributed by atoms with van der Waals surface area (Å²) >= 11 is 5.27. The van der Waals surface area contributed by atoms with E-state index in [4.69, 9.17) is 17.0 Å². The lowest BCUT2D eigenvalue weighted by molar-refractivity contribution is -0.120. The number of thiocarbonyl (C=S) groups is 1. The highest BCUT2D eigenvalue weighted by molar-refractivity contribution is 7.80. The average Bonchev–Trinajstić information content (AvgIpc) is 3.15. The van der Waals surface area contributed by atoms with Crippen LogP contribution in [0, 0.1) is 5.92 Å². The molecule has 0 aromatic heterocycles. The second kappa shape index (κ2) is 9.09. The topological polar surface area (TPSA) is 70.7 Å². The molecule has 1 saturated heterocycles. The number of para-hydroxylation sites is 1. The standard InChI is InChI=1S/C19H25N3O3S/c23-17(13-14-5-1-2-6-14)21-19(26)20-16-8-4-3-7-15(16)18(24)22-9-11-25-12-10-22/h3-4,7-8,14H,1-2,5-6,9-13H2,(H2,20,21,23,26). The van der Waals surface area contributed by atoms with Crippen LogP contribution >= 0.6 is 12.2 Å². The lowest BCUT2D eigenvalue weighted by Crippen LogP contribution is -2.41. The monoisotopic (exact) mass is 375 g/mol. The van der Waals surface area contributed by atoms with Gasteiger partial charge in [0.2, 0.25) is 5.91 Å². The number of nitrogens with one attached hydrogen (secondary N) is 2. The van der Waals surface area contributed by atoms with E-state index in [0.717, 1.165) is 12.8 Å². The van der Waals surface area contributed by atoms with Gasteiger partial charge >= 0.3 is 0 Å². The minimum absolute atomic E-state index is 0.0588. The number of morpholine rings is 1. The number of rotatable bonds is 4. The minimum Gasteiger partial charge on any atom is -0.378 e. The van der Waals surface area contributed by atoms with E-state index in [0.29, 0.717) is 49.9 Å². The molecule has 2 fully saturated rings. The predicted octanol–water partition coefficient (Wildman–Crippen LogP) is 2.55. The van der Waals surface area contributed by atoms with Gasteiger partial charge in [-0.1, -0.05) is 25.0 Å². The van der Waals surface area contributed by atoms with Gasteiger partial charge in [0.25, 0.3) is 5.91 Å². The summed E-state index contributed by atoms with van der Waals surface area (Å²) in [6, 6.07) is 7.22. The Balaban J connectivity index is 1.59. The maximum atomic E-state index is 12.8. The van der Waals surface area contributed by atoms with E-state index in [1.165, 1.54) is 12.8 Å². The zero-order chi connectivity index (χ0) is 18.4. The zero-order valence-corrected chi connectivity index (χ0v) is 15.6. The van der Waals surface area contributed by atoms with Crippen LogP contribution in [0.4, 0.5) is 5.69 Å². The molecule has 2 amide bonds. The number of hydrogen-bond donors (Lipinski definition) is 2. The van der Waals surface area contributed by atoms with E-state index in [1.54, 1.807) is 17.0 Å². The molecule has 0 radical (unpaired) electrons. The van der Waals surface area contributed by atoms with Gasteiger partial charge in [0.15, 0.2) is 5.11 Å². The first-order chi connectivity index (χ1) is 12.6. The van der Waals surface area contributed by atoms with Gasteiger partial charge in [-0.2, -0.15) is 0 Å². The van der Waals surface area contributed by atoms with Gasteiger partial charge in [-0.25, -0.2) is 0 Å². The Hall–Kier alpha value is -1.99. The van der Waals surface area contributed by atoms with Crippen LogP contribution in [0.15, 0.2) is 24.3 Å². The molecule has 26 heavy (non-hydrogen) atoms. The first-order valence-corrected chi connectivity index (χ1v) is 9.61. The molecule has 0 bridgehead atoms. The number of hydrogen-bond acceptors (Lipinski definition) is 4. The maximum Gasteiger partial charge on any atom is 0.256 e. The summed E-state index contributed by atoms with van der Waals surface area (Å²) < 4.78 is 5.30. The Morgan fingerprint density at radius 2 is 1.85 bits per heavy atom. The van der Waals surface area contributed by atoms with Crippen molar-refractivity contribution in [3.63, 3.8) is 0 Å². The van der Waals surface area contributed by atoms with Crippen LogP contribution in [0.5, 0.6) is 0 Å². The van der Waals surface area contributed by atoms with E-state index in [1.807, 2.05) is 12.1 Å². The highest BCUT2D eigenvalue weighted by Gasteiger charge is 2.22. The number of amides is 2. The van der Waals surface area contributed by atoms with Gasteiger partial charge in [0, 0.05) is 19.5 Å². The molecule has 2 N–H and O–H groups in total. The summed E-state index contributed by atoms with van der Waals surface area (Å²) in [6.07, 6.45) is 5.15. The van der Waals surface area contributed by atoms with Gasteiger partial charge in [-0.3, -0.25) is 9.59 Å². The van der Waals surface area contributed by atoms with Gasteiger partial charge in [-0.05, 0) is 43.1 Å². The number of benzene rings is 1. The molecule has 1 aromatic carbocycles. The molecule has 1 aliphatic carbocycles. The van der Waals surface area contributed by atoms with Gasteiger partial charge in [0.05, 0.1) is 24.5 Å². The van der Waals surface area contributed by atoms with Crippen LogP contribution in [-0.4, -0.2) is 48.1 Å². The third kappa shape index (κ3) is 5.02. The lowest BCUT2D eigenvalue weighted by Gasteiger charge is -2.27. The fourth-order valence-corrected chi connectivity index (χ4v) is 3.75. The normalized spacial score (nSPS) is 17.8. The highest BCUT2D eigenvalue weighted by atomic mass is 32.1. The second-order valence-electron chi connectivity index (χ2n) is 6.81. The Bertz CT molecular complexity index is 668. The molecule has 1 heterocycles. The zero-order valence-electron chi connectivity index (χ0n) is 14.8. The summed E-state index contributed by atoms with van der Waals surface area (Å²) in [5.74, 6) is 0.343. The van der Waals surface area contributed by atoms with Crippen molar-refractivity contribution in [2.24, 2.45) is 5.92 Å². The van der Waals surface area contributed by atoms with Crippen LogP contribution in [0.1, 0.15) is 42.5 Å². The Morgan fingerprint density at radius 1 is 1.15 bits per heavy atom. The number of carbonyl (C=O) groups is 2. The molecule has 140 valence electrons. The number of anilines is 1. The highest BCUT2D eigenvalue weighted by Crippen LogP contribution is 2.27. The van der Waals surface area contributed by atoms with E-state index in [-0.39, 0.29) is 16.9 Å². The average molecular weight is 375 g/mol. The van der Waals surface area contributed by atoms with Gasteiger partial charge < -0.3 is 20.3 Å². The van der Waals surface area contributed by atoms with E-state index >= 15 is 0 Å². The predicted molar refractivity (Wildman–Crippen MR) is 104 cm³/mol. The van der Waals surface area contributed by atoms with E-state index < -0.39 is 0 Å². The smallest absolute Gasteiger partial charge is 0.256 e. The number of ether oxygens (including phenoxy) is 1. The minimum atomic E-state index is -0.0635. The van der Waals surface area contributed by atoms with Crippen molar-refractivity contribution in [2.75, 3.05) is 31.6 Å². The molecule has 7 heteroatoms. The van der Waals surface area contributed by atoms with Crippen molar-refractivity contribution >= 4 is 34.8 Å². The van der Waals surface area contributed by atoms with E-state index in [2.05, 4.69) is 10.6 Å². The Labute approximate surface area is 159 Å². The summed E-state index contributed by atoms with van der Waals surface area (Å²) in [7, 11) is 0. The van der Waals surface area contributed by atoms with Gasteiger partial charge in [-0.15, -0.1) is 0 Å². The molecule has 6 nitrogen and oxygen atoms in total.